The monoisotopic (exact) mass is 353 g/mol. The van der Waals surface area contributed by atoms with Crippen LogP contribution in [0.2, 0.25) is 0 Å². The van der Waals surface area contributed by atoms with Gasteiger partial charge in [-0.05, 0) is 32.1 Å². The van der Waals surface area contributed by atoms with Crippen molar-refractivity contribution in [2.45, 2.75) is 50.7 Å². The number of nitrogens with zero attached hydrogens (tertiary/aromatic N) is 2. The summed E-state index contributed by atoms with van der Waals surface area (Å²) in [6, 6.07) is 0.249. The standard InChI is InChI=1S/C18H31N3O4/c1-14(22)19-16-2-7-20(8-3-16)12-18(24)6-9-21(13-18)17(23)15-4-10-25-11-5-15/h15-16,24H,2-13H2,1H3,(H,19,22)/t18-/m1/s1. The fraction of sp³-hybridized carbons (Fsp3) is 0.889. The molecule has 3 saturated heterocycles. The normalized spacial score (nSPS) is 29.8. The molecule has 0 aromatic rings. The molecule has 2 amide bonds. The fourth-order valence-corrected chi connectivity index (χ4v) is 4.32. The molecular weight excluding hydrogens is 322 g/mol. The average Bonchev–Trinajstić information content (AvgIpc) is 2.98. The molecule has 0 aromatic heterocycles. The zero-order valence-corrected chi connectivity index (χ0v) is 15.2. The number of aliphatic hydroxyl groups is 1. The lowest BCUT2D eigenvalue weighted by molar-refractivity contribution is -0.138. The first-order chi connectivity index (χ1) is 12.0. The van der Waals surface area contributed by atoms with E-state index in [9.17, 15) is 14.7 Å². The Kier molecular flexibility index (Phi) is 5.96. The summed E-state index contributed by atoms with van der Waals surface area (Å²) in [4.78, 5) is 27.9. The summed E-state index contributed by atoms with van der Waals surface area (Å²) < 4.78 is 5.33. The average molecular weight is 353 g/mol. The summed E-state index contributed by atoms with van der Waals surface area (Å²) in [5.41, 5.74) is -0.804. The van der Waals surface area contributed by atoms with Crippen molar-refractivity contribution in [1.29, 1.82) is 0 Å². The van der Waals surface area contributed by atoms with Crippen LogP contribution in [0.4, 0.5) is 0 Å². The van der Waals surface area contributed by atoms with E-state index >= 15 is 0 Å². The summed E-state index contributed by atoms with van der Waals surface area (Å²) in [5, 5.41) is 13.9. The first kappa shape index (κ1) is 18.6. The molecule has 2 N–H and O–H groups in total. The second-order valence-electron chi connectivity index (χ2n) is 7.87. The number of hydrogen-bond donors (Lipinski definition) is 2. The van der Waals surface area contributed by atoms with Crippen molar-refractivity contribution in [3.05, 3.63) is 0 Å². The van der Waals surface area contributed by atoms with Crippen molar-refractivity contribution in [2.24, 2.45) is 5.92 Å². The molecule has 0 radical (unpaired) electrons. The van der Waals surface area contributed by atoms with Crippen LogP contribution in [0.3, 0.4) is 0 Å². The summed E-state index contributed by atoms with van der Waals surface area (Å²) in [5.74, 6) is 0.267. The summed E-state index contributed by atoms with van der Waals surface area (Å²) in [6.07, 6.45) is 4.07. The third-order valence-corrected chi connectivity index (χ3v) is 5.73. The van der Waals surface area contributed by atoms with Crippen LogP contribution in [0.5, 0.6) is 0 Å². The molecule has 0 bridgehead atoms. The van der Waals surface area contributed by atoms with Crippen molar-refractivity contribution in [3.63, 3.8) is 0 Å². The maximum Gasteiger partial charge on any atom is 0.225 e. The van der Waals surface area contributed by atoms with Gasteiger partial charge in [-0.2, -0.15) is 0 Å². The fourth-order valence-electron chi connectivity index (χ4n) is 4.32. The van der Waals surface area contributed by atoms with Gasteiger partial charge in [-0.1, -0.05) is 0 Å². The van der Waals surface area contributed by atoms with Gasteiger partial charge in [0.05, 0.1) is 12.1 Å². The molecule has 0 aliphatic carbocycles. The number of nitrogens with one attached hydrogen (secondary N) is 1. The highest BCUT2D eigenvalue weighted by Gasteiger charge is 2.41. The third kappa shape index (κ3) is 4.92. The second-order valence-corrected chi connectivity index (χ2v) is 7.87. The van der Waals surface area contributed by atoms with Gasteiger partial charge in [0.25, 0.3) is 0 Å². The number of hydrogen-bond acceptors (Lipinski definition) is 5. The Balaban J connectivity index is 1.45. The topological polar surface area (TPSA) is 82.1 Å². The van der Waals surface area contributed by atoms with Crippen LogP contribution in [0.1, 0.15) is 39.0 Å². The molecule has 3 aliphatic heterocycles. The predicted molar refractivity (Wildman–Crippen MR) is 93.0 cm³/mol. The smallest absolute Gasteiger partial charge is 0.225 e. The van der Waals surface area contributed by atoms with E-state index in [0.29, 0.717) is 39.3 Å². The molecule has 3 rings (SSSR count). The van der Waals surface area contributed by atoms with E-state index in [4.69, 9.17) is 4.74 Å². The van der Waals surface area contributed by atoms with Gasteiger partial charge >= 0.3 is 0 Å². The number of carbonyl (C=O) groups is 2. The van der Waals surface area contributed by atoms with Crippen LogP contribution in [0, 0.1) is 5.92 Å². The quantitative estimate of drug-likeness (QED) is 0.742. The Bertz CT molecular complexity index is 487. The molecule has 25 heavy (non-hydrogen) atoms. The Morgan fingerprint density at radius 2 is 1.84 bits per heavy atom. The molecule has 0 spiro atoms. The van der Waals surface area contributed by atoms with Crippen LogP contribution < -0.4 is 5.32 Å². The number of ether oxygens (including phenoxy) is 1. The van der Waals surface area contributed by atoms with Crippen molar-refractivity contribution < 1.29 is 19.4 Å². The first-order valence-corrected chi connectivity index (χ1v) is 9.53. The number of likely N-dealkylation sites (tertiary alicyclic amines) is 2. The Hall–Kier alpha value is -1.18. The first-order valence-electron chi connectivity index (χ1n) is 9.53. The van der Waals surface area contributed by atoms with E-state index in [0.717, 1.165) is 38.8 Å². The highest BCUT2D eigenvalue weighted by Crippen LogP contribution is 2.27. The minimum Gasteiger partial charge on any atom is -0.387 e. The van der Waals surface area contributed by atoms with Crippen LogP contribution in [-0.2, 0) is 14.3 Å². The largest absolute Gasteiger partial charge is 0.387 e. The van der Waals surface area contributed by atoms with E-state index in [2.05, 4.69) is 10.2 Å². The van der Waals surface area contributed by atoms with E-state index < -0.39 is 5.60 Å². The summed E-state index contributed by atoms with van der Waals surface area (Å²) >= 11 is 0. The van der Waals surface area contributed by atoms with Gasteiger partial charge in [-0.3, -0.25) is 9.59 Å². The van der Waals surface area contributed by atoms with Gasteiger partial charge in [0.2, 0.25) is 11.8 Å². The maximum atomic E-state index is 12.6. The summed E-state index contributed by atoms with van der Waals surface area (Å²) in [7, 11) is 0. The molecule has 3 fully saturated rings. The van der Waals surface area contributed by atoms with Gasteiger partial charge in [-0.15, -0.1) is 0 Å². The second kappa shape index (κ2) is 8.01. The van der Waals surface area contributed by atoms with Gasteiger partial charge < -0.3 is 25.0 Å². The molecule has 7 nitrogen and oxygen atoms in total. The highest BCUT2D eigenvalue weighted by atomic mass is 16.5. The lowest BCUT2D eigenvalue weighted by Gasteiger charge is -2.36. The number of rotatable bonds is 4. The lowest BCUT2D eigenvalue weighted by atomic mass is 9.98. The number of β-amino-alcohol motifs (C(OH)–C–C–N with tert-alkyl or cyclic N) is 1. The molecule has 3 heterocycles. The van der Waals surface area contributed by atoms with E-state index in [1.54, 1.807) is 6.92 Å². The number of amides is 2. The number of carbonyl (C=O) groups excluding carboxylic acids is 2. The molecule has 7 heteroatoms. The molecule has 0 unspecified atom stereocenters. The van der Waals surface area contributed by atoms with Crippen LogP contribution in [-0.4, -0.2) is 84.3 Å². The predicted octanol–water partition coefficient (Wildman–Crippen LogP) is -0.0231. The molecular formula is C18H31N3O4. The van der Waals surface area contributed by atoms with Gasteiger partial charge in [0.1, 0.15) is 0 Å². The summed E-state index contributed by atoms with van der Waals surface area (Å²) in [6.45, 7) is 6.33. The Morgan fingerprint density at radius 1 is 1.16 bits per heavy atom. The van der Waals surface area contributed by atoms with Crippen molar-refractivity contribution in [1.82, 2.24) is 15.1 Å². The Labute approximate surface area is 149 Å². The minimum atomic E-state index is -0.804. The molecule has 0 saturated carbocycles. The van der Waals surface area contributed by atoms with Crippen LogP contribution in [0.25, 0.3) is 0 Å². The minimum absolute atomic E-state index is 0.0233. The lowest BCUT2D eigenvalue weighted by Crippen LogP contribution is -2.51. The Morgan fingerprint density at radius 3 is 2.48 bits per heavy atom. The van der Waals surface area contributed by atoms with Crippen molar-refractivity contribution >= 4 is 11.8 Å². The van der Waals surface area contributed by atoms with Gasteiger partial charge in [0, 0.05) is 58.3 Å². The molecule has 1 atom stereocenters. The van der Waals surface area contributed by atoms with E-state index in [1.807, 2.05) is 4.90 Å². The SMILES string of the molecule is CC(=O)NC1CCN(C[C@]2(O)CCN(C(=O)C3CCOCC3)C2)CC1. The van der Waals surface area contributed by atoms with Crippen LogP contribution >= 0.6 is 0 Å². The van der Waals surface area contributed by atoms with E-state index in [1.165, 1.54) is 0 Å². The van der Waals surface area contributed by atoms with Gasteiger partial charge in [0.15, 0.2) is 0 Å². The molecule has 0 aromatic carbocycles. The van der Waals surface area contributed by atoms with Crippen LogP contribution in [0.15, 0.2) is 0 Å². The maximum absolute atomic E-state index is 12.6. The third-order valence-electron chi connectivity index (χ3n) is 5.73. The van der Waals surface area contributed by atoms with E-state index in [-0.39, 0.29) is 23.8 Å². The number of piperidine rings is 1. The van der Waals surface area contributed by atoms with Gasteiger partial charge in [-0.25, -0.2) is 0 Å². The zero-order chi connectivity index (χ0) is 17.9. The molecule has 142 valence electrons. The highest BCUT2D eigenvalue weighted by molar-refractivity contribution is 5.79. The zero-order valence-electron chi connectivity index (χ0n) is 15.2. The van der Waals surface area contributed by atoms with Crippen molar-refractivity contribution in [2.75, 3.05) is 45.9 Å². The molecule has 3 aliphatic rings. The van der Waals surface area contributed by atoms with Crippen molar-refractivity contribution in [3.8, 4) is 0 Å².